The lowest BCUT2D eigenvalue weighted by molar-refractivity contribution is 0.288. The third-order valence-electron chi connectivity index (χ3n) is 4.93. The number of benzene rings is 1. The standard InChI is InChI=1S/C22H23N5OS/c1-13-5-6-17-19(8-13)25-20(29)10-16-12-24-22(27-21(16)17)26-18-9-15(4-3-7-28)11-23-14(18)2/h5-6,8-9,11-12,28H,3-4,7,10H2,1-2H3,(H,25,29)(H,24,26,27). The van der Waals surface area contributed by atoms with Gasteiger partial charge in [0.05, 0.1) is 22.1 Å². The fraction of sp³-hybridized carbons (Fsp3) is 0.273. The summed E-state index contributed by atoms with van der Waals surface area (Å²) in [5.41, 5.74) is 7.84. The van der Waals surface area contributed by atoms with Crippen molar-refractivity contribution in [1.29, 1.82) is 0 Å². The zero-order chi connectivity index (χ0) is 20.4. The topological polar surface area (TPSA) is 83.0 Å². The van der Waals surface area contributed by atoms with Crippen LogP contribution in [0.25, 0.3) is 11.3 Å². The fourth-order valence-electron chi connectivity index (χ4n) is 3.41. The van der Waals surface area contributed by atoms with Gasteiger partial charge in [-0.15, -0.1) is 0 Å². The van der Waals surface area contributed by atoms with E-state index in [1.165, 1.54) is 0 Å². The third-order valence-corrected chi connectivity index (χ3v) is 5.18. The number of aliphatic hydroxyl groups excluding tert-OH is 1. The Bertz CT molecular complexity index is 1080. The second-order valence-electron chi connectivity index (χ2n) is 7.27. The molecule has 0 aliphatic carbocycles. The molecule has 29 heavy (non-hydrogen) atoms. The van der Waals surface area contributed by atoms with E-state index < -0.39 is 0 Å². The van der Waals surface area contributed by atoms with Crippen LogP contribution in [0.3, 0.4) is 0 Å². The highest BCUT2D eigenvalue weighted by atomic mass is 32.1. The molecule has 0 fully saturated rings. The number of aromatic nitrogens is 3. The number of anilines is 3. The molecule has 4 rings (SSSR count). The first-order chi connectivity index (χ1) is 14.0. The molecule has 148 valence electrons. The lowest BCUT2D eigenvalue weighted by atomic mass is 10.0. The van der Waals surface area contributed by atoms with E-state index in [0.717, 1.165) is 56.4 Å². The third kappa shape index (κ3) is 4.26. The van der Waals surface area contributed by atoms with E-state index in [-0.39, 0.29) is 6.61 Å². The number of hydrogen-bond donors (Lipinski definition) is 3. The smallest absolute Gasteiger partial charge is 0.227 e. The molecule has 6 nitrogen and oxygen atoms in total. The van der Waals surface area contributed by atoms with E-state index in [1.807, 2.05) is 25.4 Å². The van der Waals surface area contributed by atoms with Gasteiger partial charge < -0.3 is 15.7 Å². The summed E-state index contributed by atoms with van der Waals surface area (Å²) in [7, 11) is 0. The highest BCUT2D eigenvalue weighted by Crippen LogP contribution is 2.34. The normalized spacial score (nSPS) is 12.6. The monoisotopic (exact) mass is 405 g/mol. The SMILES string of the molecule is Cc1ccc2c(c1)NC(=S)Cc1cnc(Nc3cc(CCCO)cnc3C)nc1-2. The summed E-state index contributed by atoms with van der Waals surface area (Å²) >= 11 is 5.48. The van der Waals surface area contributed by atoms with E-state index in [0.29, 0.717) is 18.8 Å². The summed E-state index contributed by atoms with van der Waals surface area (Å²) in [6.45, 7) is 4.17. The van der Waals surface area contributed by atoms with Gasteiger partial charge in [-0.2, -0.15) is 0 Å². The Morgan fingerprint density at radius 3 is 2.86 bits per heavy atom. The number of nitrogens with one attached hydrogen (secondary N) is 2. The minimum absolute atomic E-state index is 0.166. The molecule has 0 spiro atoms. The first kappa shape index (κ1) is 19.4. The maximum Gasteiger partial charge on any atom is 0.227 e. The molecule has 0 radical (unpaired) electrons. The van der Waals surface area contributed by atoms with Crippen molar-refractivity contribution in [3.05, 3.63) is 59.0 Å². The predicted octanol–water partition coefficient (Wildman–Crippen LogP) is 4.12. The number of hydrogen-bond acceptors (Lipinski definition) is 6. The zero-order valence-corrected chi connectivity index (χ0v) is 17.3. The molecule has 7 heteroatoms. The molecule has 3 aromatic rings. The van der Waals surface area contributed by atoms with Crippen LogP contribution in [0.15, 0.2) is 36.7 Å². The van der Waals surface area contributed by atoms with Crippen LogP contribution in [0.2, 0.25) is 0 Å². The Kier molecular flexibility index (Phi) is 5.51. The van der Waals surface area contributed by atoms with Crippen LogP contribution in [0.4, 0.5) is 17.3 Å². The van der Waals surface area contributed by atoms with Gasteiger partial charge in [-0.3, -0.25) is 4.98 Å². The van der Waals surface area contributed by atoms with Crippen molar-refractivity contribution in [1.82, 2.24) is 15.0 Å². The Balaban J connectivity index is 1.71. The van der Waals surface area contributed by atoms with Crippen molar-refractivity contribution in [2.24, 2.45) is 0 Å². The first-order valence-electron chi connectivity index (χ1n) is 9.63. The zero-order valence-electron chi connectivity index (χ0n) is 16.5. The maximum absolute atomic E-state index is 9.07. The van der Waals surface area contributed by atoms with E-state index >= 15 is 0 Å². The summed E-state index contributed by atoms with van der Waals surface area (Å²) in [4.78, 5) is 14.5. The molecule has 2 aromatic heterocycles. The number of rotatable bonds is 5. The minimum Gasteiger partial charge on any atom is -0.396 e. The average molecular weight is 406 g/mol. The summed E-state index contributed by atoms with van der Waals surface area (Å²) in [5, 5.41) is 15.7. The second kappa shape index (κ2) is 8.23. The predicted molar refractivity (Wildman–Crippen MR) is 120 cm³/mol. The average Bonchev–Trinajstić information content (AvgIpc) is 2.83. The summed E-state index contributed by atoms with van der Waals surface area (Å²) < 4.78 is 0. The Hall–Kier alpha value is -2.90. The van der Waals surface area contributed by atoms with Crippen LogP contribution < -0.4 is 10.6 Å². The summed E-state index contributed by atoms with van der Waals surface area (Å²) in [5.74, 6) is 0.521. The van der Waals surface area contributed by atoms with Crippen LogP contribution >= 0.6 is 12.2 Å². The number of aryl methyl sites for hydroxylation is 3. The van der Waals surface area contributed by atoms with Gasteiger partial charge in [0, 0.05) is 42.2 Å². The molecule has 0 atom stereocenters. The highest BCUT2D eigenvalue weighted by Gasteiger charge is 2.19. The van der Waals surface area contributed by atoms with Crippen LogP contribution in [-0.2, 0) is 12.8 Å². The molecule has 1 aliphatic heterocycles. The van der Waals surface area contributed by atoms with Crippen molar-refractivity contribution in [2.45, 2.75) is 33.1 Å². The van der Waals surface area contributed by atoms with Gasteiger partial charge in [0.1, 0.15) is 0 Å². The number of aliphatic hydroxyl groups is 1. The molecule has 3 heterocycles. The highest BCUT2D eigenvalue weighted by molar-refractivity contribution is 7.80. The molecule has 3 N–H and O–H groups in total. The Labute approximate surface area is 175 Å². The van der Waals surface area contributed by atoms with Gasteiger partial charge in [-0.25, -0.2) is 9.97 Å². The molecule has 1 aliphatic rings. The van der Waals surface area contributed by atoms with E-state index in [4.69, 9.17) is 22.3 Å². The summed E-state index contributed by atoms with van der Waals surface area (Å²) in [6, 6.07) is 8.28. The van der Waals surface area contributed by atoms with E-state index in [9.17, 15) is 0 Å². The van der Waals surface area contributed by atoms with Crippen molar-refractivity contribution in [3.8, 4) is 11.3 Å². The van der Waals surface area contributed by atoms with Gasteiger partial charge in [0.25, 0.3) is 0 Å². The number of pyridine rings is 1. The van der Waals surface area contributed by atoms with Gasteiger partial charge in [0.2, 0.25) is 5.95 Å². The van der Waals surface area contributed by atoms with Gasteiger partial charge in [0.15, 0.2) is 0 Å². The largest absolute Gasteiger partial charge is 0.396 e. The van der Waals surface area contributed by atoms with E-state index in [1.54, 1.807) is 0 Å². The second-order valence-corrected chi connectivity index (χ2v) is 7.76. The maximum atomic E-state index is 9.07. The molecular formula is C22H23N5OS. The number of thiocarbonyl (C=S) groups is 1. The van der Waals surface area contributed by atoms with Crippen molar-refractivity contribution in [2.75, 3.05) is 17.2 Å². The lowest BCUT2D eigenvalue weighted by Gasteiger charge is -2.13. The fourth-order valence-corrected chi connectivity index (χ4v) is 3.67. The number of nitrogens with zero attached hydrogens (tertiary/aromatic N) is 3. The molecular weight excluding hydrogens is 382 g/mol. The molecule has 0 bridgehead atoms. The summed E-state index contributed by atoms with van der Waals surface area (Å²) in [6.07, 6.45) is 5.78. The van der Waals surface area contributed by atoms with Gasteiger partial charge in [-0.05, 0) is 49.9 Å². The Morgan fingerprint density at radius 1 is 1.17 bits per heavy atom. The quantitative estimate of drug-likeness (QED) is 0.551. The van der Waals surface area contributed by atoms with Gasteiger partial charge in [-0.1, -0.05) is 24.4 Å². The van der Waals surface area contributed by atoms with Crippen LogP contribution in [0, 0.1) is 13.8 Å². The Morgan fingerprint density at radius 2 is 2.03 bits per heavy atom. The van der Waals surface area contributed by atoms with Crippen molar-refractivity contribution < 1.29 is 5.11 Å². The molecule has 0 saturated carbocycles. The molecule has 0 saturated heterocycles. The number of fused-ring (bicyclic) bond motifs is 3. The van der Waals surface area contributed by atoms with E-state index in [2.05, 4.69) is 45.7 Å². The van der Waals surface area contributed by atoms with Crippen LogP contribution in [0.1, 0.15) is 28.8 Å². The van der Waals surface area contributed by atoms with Crippen LogP contribution in [-0.4, -0.2) is 31.7 Å². The minimum atomic E-state index is 0.166. The lowest BCUT2D eigenvalue weighted by Crippen LogP contribution is -2.10. The first-order valence-corrected chi connectivity index (χ1v) is 10.0. The molecule has 0 amide bonds. The molecule has 1 aromatic carbocycles. The van der Waals surface area contributed by atoms with Gasteiger partial charge >= 0.3 is 0 Å². The molecule has 0 unspecified atom stereocenters. The van der Waals surface area contributed by atoms with Crippen molar-refractivity contribution in [3.63, 3.8) is 0 Å². The van der Waals surface area contributed by atoms with Crippen molar-refractivity contribution >= 4 is 34.5 Å². The van der Waals surface area contributed by atoms with Crippen LogP contribution in [0.5, 0.6) is 0 Å².